The van der Waals surface area contributed by atoms with E-state index in [0.29, 0.717) is 29.7 Å². The molecule has 3 aromatic carbocycles. The highest BCUT2D eigenvalue weighted by Gasteiger charge is 2.35. The van der Waals surface area contributed by atoms with Gasteiger partial charge in [0, 0.05) is 23.2 Å². The van der Waals surface area contributed by atoms with Crippen LogP contribution in [0, 0.1) is 12.8 Å². The van der Waals surface area contributed by atoms with Crippen LogP contribution in [-0.4, -0.2) is 35.7 Å². The van der Waals surface area contributed by atoms with E-state index in [1.807, 2.05) is 24.3 Å². The van der Waals surface area contributed by atoms with Crippen LogP contribution < -0.4 is 10.6 Å². The third-order valence-corrected chi connectivity index (χ3v) is 6.98. The van der Waals surface area contributed by atoms with Gasteiger partial charge >= 0.3 is 12.1 Å². The average Bonchev–Trinajstić information content (AvgIpc) is 3.14. The topological polar surface area (TPSA) is 105 Å². The molecule has 0 aliphatic heterocycles. The second-order valence-corrected chi connectivity index (χ2v) is 9.11. The average molecular weight is 471 g/mol. The lowest BCUT2D eigenvalue weighted by molar-refractivity contribution is -0.145. The maximum atomic E-state index is 12.7. The largest absolute Gasteiger partial charge is 0.481 e. The first-order valence-electron chi connectivity index (χ1n) is 11.7. The fourth-order valence-electron chi connectivity index (χ4n) is 4.96. The van der Waals surface area contributed by atoms with Gasteiger partial charge in [0.1, 0.15) is 6.61 Å². The van der Waals surface area contributed by atoms with E-state index < -0.39 is 18.0 Å². The SMILES string of the molecule is Cc1c(NC(=O)OCC2c3ccccc3-c3ccccc32)cccc1C(=O)NC1CC(C(=O)O)C1. The van der Waals surface area contributed by atoms with Crippen LogP contribution in [0.15, 0.2) is 66.7 Å². The molecule has 5 rings (SSSR count). The van der Waals surface area contributed by atoms with E-state index in [4.69, 9.17) is 9.84 Å². The van der Waals surface area contributed by atoms with Gasteiger partial charge in [0.2, 0.25) is 0 Å². The number of rotatable bonds is 6. The Morgan fingerprint density at radius 1 is 0.914 bits per heavy atom. The first-order valence-corrected chi connectivity index (χ1v) is 11.7. The van der Waals surface area contributed by atoms with Gasteiger partial charge in [-0.05, 0) is 59.7 Å². The van der Waals surface area contributed by atoms with Gasteiger partial charge in [-0.25, -0.2) is 4.79 Å². The van der Waals surface area contributed by atoms with Crippen molar-refractivity contribution in [3.8, 4) is 11.1 Å². The summed E-state index contributed by atoms with van der Waals surface area (Å²) in [4.78, 5) is 36.4. The number of nitrogens with one attached hydrogen (secondary N) is 2. The molecule has 2 aliphatic rings. The molecule has 2 aliphatic carbocycles. The van der Waals surface area contributed by atoms with E-state index in [0.717, 1.165) is 22.3 Å². The van der Waals surface area contributed by atoms with Gasteiger partial charge in [-0.3, -0.25) is 14.9 Å². The minimum absolute atomic E-state index is 0.0385. The molecule has 0 atom stereocenters. The quantitative estimate of drug-likeness (QED) is 0.473. The van der Waals surface area contributed by atoms with Crippen LogP contribution in [0.1, 0.15) is 45.8 Å². The molecule has 1 fully saturated rings. The Morgan fingerprint density at radius 2 is 1.54 bits per heavy atom. The monoisotopic (exact) mass is 470 g/mol. The third-order valence-electron chi connectivity index (χ3n) is 6.98. The van der Waals surface area contributed by atoms with Crippen molar-refractivity contribution in [2.75, 3.05) is 11.9 Å². The number of amides is 2. The lowest BCUT2D eigenvalue weighted by Gasteiger charge is -2.33. The summed E-state index contributed by atoms with van der Waals surface area (Å²) in [5.41, 5.74) is 6.13. The second kappa shape index (κ2) is 9.25. The summed E-state index contributed by atoms with van der Waals surface area (Å²) in [6.45, 7) is 1.96. The Labute approximate surface area is 203 Å². The zero-order valence-electron chi connectivity index (χ0n) is 19.3. The Bertz CT molecular complexity index is 1270. The molecule has 0 radical (unpaired) electrons. The van der Waals surface area contributed by atoms with Gasteiger partial charge in [0.25, 0.3) is 5.91 Å². The number of benzene rings is 3. The summed E-state index contributed by atoms with van der Waals surface area (Å²) >= 11 is 0. The number of carboxylic acids is 1. The fourth-order valence-corrected chi connectivity index (χ4v) is 4.96. The van der Waals surface area contributed by atoms with Crippen LogP contribution in [-0.2, 0) is 9.53 Å². The first-order chi connectivity index (χ1) is 16.9. The van der Waals surface area contributed by atoms with Crippen LogP contribution in [0.2, 0.25) is 0 Å². The van der Waals surface area contributed by atoms with Crippen molar-refractivity contribution in [1.29, 1.82) is 0 Å². The zero-order chi connectivity index (χ0) is 24.5. The summed E-state index contributed by atoms with van der Waals surface area (Å²) < 4.78 is 5.62. The Kier molecular flexibility index (Phi) is 5.99. The van der Waals surface area contributed by atoms with Crippen molar-refractivity contribution in [2.24, 2.45) is 5.92 Å². The molecule has 3 N–H and O–H groups in total. The minimum atomic E-state index is -0.832. The molecule has 0 saturated heterocycles. The van der Waals surface area contributed by atoms with Gasteiger partial charge in [-0.2, -0.15) is 0 Å². The summed E-state index contributed by atoms with van der Waals surface area (Å²) in [6, 6.07) is 21.2. The number of hydrogen-bond acceptors (Lipinski definition) is 4. The van der Waals surface area contributed by atoms with Crippen molar-refractivity contribution >= 4 is 23.7 Å². The molecule has 0 bridgehead atoms. The summed E-state index contributed by atoms with van der Waals surface area (Å²) in [6.07, 6.45) is 0.270. The number of aliphatic carboxylic acids is 1. The molecule has 7 heteroatoms. The first kappa shape index (κ1) is 22.7. The van der Waals surface area contributed by atoms with Crippen LogP contribution in [0.4, 0.5) is 10.5 Å². The van der Waals surface area contributed by atoms with Crippen LogP contribution in [0.3, 0.4) is 0 Å². The molecule has 0 unspecified atom stereocenters. The van der Waals surface area contributed by atoms with Crippen LogP contribution >= 0.6 is 0 Å². The lowest BCUT2D eigenvalue weighted by Crippen LogP contribution is -2.46. The van der Waals surface area contributed by atoms with Gasteiger partial charge in [0.05, 0.1) is 5.92 Å². The van der Waals surface area contributed by atoms with Crippen molar-refractivity contribution in [3.05, 3.63) is 89.0 Å². The highest BCUT2D eigenvalue weighted by molar-refractivity contribution is 5.98. The summed E-state index contributed by atoms with van der Waals surface area (Å²) in [5, 5.41) is 14.6. The number of carboxylic acid groups (broad SMARTS) is 1. The Hall–Kier alpha value is -4.13. The second-order valence-electron chi connectivity index (χ2n) is 9.11. The molecule has 178 valence electrons. The predicted octanol–water partition coefficient (Wildman–Crippen LogP) is 4.95. The normalized spacial score (nSPS) is 18.1. The van der Waals surface area contributed by atoms with Gasteiger partial charge in [0.15, 0.2) is 0 Å². The third kappa shape index (κ3) is 4.37. The molecule has 0 spiro atoms. The molecular formula is C28H26N2O5. The van der Waals surface area contributed by atoms with E-state index in [1.54, 1.807) is 25.1 Å². The van der Waals surface area contributed by atoms with E-state index in [1.165, 1.54) is 0 Å². The number of hydrogen-bond donors (Lipinski definition) is 3. The molecule has 3 aromatic rings. The fraction of sp³-hybridized carbons (Fsp3) is 0.250. The van der Waals surface area contributed by atoms with Gasteiger partial charge < -0.3 is 15.2 Å². The molecule has 35 heavy (non-hydrogen) atoms. The van der Waals surface area contributed by atoms with Crippen molar-refractivity contribution < 1.29 is 24.2 Å². The molecule has 7 nitrogen and oxygen atoms in total. The van der Waals surface area contributed by atoms with Gasteiger partial charge in [-0.15, -0.1) is 0 Å². The van der Waals surface area contributed by atoms with Crippen LogP contribution in [0.25, 0.3) is 11.1 Å². The number of carbonyl (C=O) groups is 3. The van der Waals surface area contributed by atoms with E-state index >= 15 is 0 Å². The van der Waals surface area contributed by atoms with Gasteiger partial charge in [-0.1, -0.05) is 54.6 Å². The van der Waals surface area contributed by atoms with E-state index in [2.05, 4.69) is 34.9 Å². The minimum Gasteiger partial charge on any atom is -0.481 e. The summed E-state index contributed by atoms with van der Waals surface area (Å²) in [5.74, 6) is -1.56. The number of fused-ring (bicyclic) bond motifs is 3. The Balaban J connectivity index is 1.23. The summed E-state index contributed by atoms with van der Waals surface area (Å²) in [7, 11) is 0. The number of anilines is 1. The molecule has 1 saturated carbocycles. The van der Waals surface area contributed by atoms with Crippen LogP contribution in [0.5, 0.6) is 0 Å². The predicted molar refractivity (Wildman–Crippen MR) is 131 cm³/mol. The van der Waals surface area contributed by atoms with Crippen molar-refractivity contribution in [1.82, 2.24) is 5.32 Å². The zero-order valence-corrected chi connectivity index (χ0v) is 19.3. The van der Waals surface area contributed by atoms with Crippen molar-refractivity contribution in [2.45, 2.75) is 31.7 Å². The highest BCUT2D eigenvalue weighted by atomic mass is 16.5. The standard InChI is InChI=1S/C28H26N2O5/c1-16-19(26(31)29-18-13-17(14-18)27(32)33)11-6-12-25(16)30-28(34)35-15-24-22-9-4-2-7-20(22)21-8-3-5-10-23(21)24/h2-12,17-18,24H,13-15H2,1H3,(H,29,31)(H,30,34)(H,32,33). The molecule has 0 aromatic heterocycles. The molecular weight excluding hydrogens is 444 g/mol. The molecule has 0 heterocycles. The number of ether oxygens (including phenoxy) is 1. The highest BCUT2D eigenvalue weighted by Crippen LogP contribution is 2.44. The van der Waals surface area contributed by atoms with Crippen molar-refractivity contribution in [3.63, 3.8) is 0 Å². The maximum Gasteiger partial charge on any atom is 0.411 e. The Morgan fingerprint density at radius 3 is 2.17 bits per heavy atom. The smallest absolute Gasteiger partial charge is 0.411 e. The van der Waals surface area contributed by atoms with E-state index in [-0.39, 0.29) is 24.5 Å². The molecule has 2 amide bonds. The maximum absolute atomic E-state index is 12.7. The van der Waals surface area contributed by atoms with E-state index in [9.17, 15) is 14.4 Å². The lowest BCUT2D eigenvalue weighted by atomic mass is 9.80. The number of carbonyl (C=O) groups excluding carboxylic acids is 2.